The van der Waals surface area contributed by atoms with Crippen LogP contribution in [0.5, 0.6) is 0 Å². The molecule has 5 heteroatoms. The third-order valence-corrected chi connectivity index (χ3v) is 3.57. The Morgan fingerprint density at radius 3 is 2.94 bits per heavy atom. The van der Waals surface area contributed by atoms with Gasteiger partial charge in [-0.05, 0) is 26.0 Å². The molecular weight excluding hydrogens is 246 g/mol. The Labute approximate surface area is 115 Å². The fraction of sp³-hybridized carbons (Fsp3) is 0.769. The maximum Gasteiger partial charge on any atom is 0.203 e. The summed E-state index contributed by atoms with van der Waals surface area (Å²) < 4.78 is 7.29. The average Bonchev–Trinajstić information content (AvgIpc) is 2.69. The maximum atomic E-state index is 5.09. The zero-order valence-electron chi connectivity index (χ0n) is 11.9. The largest absolute Gasteiger partial charge is 0.385 e. The summed E-state index contributed by atoms with van der Waals surface area (Å²) in [5.74, 6) is 2.10. The van der Waals surface area contributed by atoms with Crippen molar-refractivity contribution in [2.24, 2.45) is 0 Å². The first kappa shape index (κ1) is 15.4. The number of nitrogens with zero attached hydrogens (tertiary/aromatic N) is 2. The molecule has 4 nitrogen and oxygen atoms in total. The minimum atomic E-state index is 0.489. The molecule has 1 aromatic rings. The van der Waals surface area contributed by atoms with Gasteiger partial charge in [-0.25, -0.2) is 4.98 Å². The van der Waals surface area contributed by atoms with Crippen LogP contribution < -0.4 is 5.32 Å². The Morgan fingerprint density at radius 2 is 2.33 bits per heavy atom. The molecule has 0 fully saturated rings. The maximum absolute atomic E-state index is 5.09. The van der Waals surface area contributed by atoms with Crippen LogP contribution in [0.4, 0.5) is 5.95 Å². The van der Waals surface area contributed by atoms with Crippen molar-refractivity contribution in [2.75, 3.05) is 31.0 Å². The Hall–Kier alpha value is -0.680. The fourth-order valence-electron chi connectivity index (χ4n) is 1.86. The minimum Gasteiger partial charge on any atom is -0.385 e. The fourth-order valence-corrected chi connectivity index (χ4v) is 2.58. The molecule has 18 heavy (non-hydrogen) atoms. The van der Waals surface area contributed by atoms with Crippen LogP contribution in [-0.4, -0.2) is 41.3 Å². The number of anilines is 1. The van der Waals surface area contributed by atoms with Crippen LogP contribution in [0.15, 0.2) is 6.20 Å². The Kier molecular flexibility index (Phi) is 7.20. The first-order chi connectivity index (χ1) is 8.71. The van der Waals surface area contributed by atoms with E-state index in [1.807, 2.05) is 18.7 Å². The Bertz CT molecular complexity index is 341. The van der Waals surface area contributed by atoms with Crippen molar-refractivity contribution < 1.29 is 4.74 Å². The molecule has 0 spiro atoms. The second-order valence-electron chi connectivity index (χ2n) is 4.45. The number of nitrogens with one attached hydrogen (secondary N) is 1. The van der Waals surface area contributed by atoms with E-state index >= 15 is 0 Å². The lowest BCUT2D eigenvalue weighted by Crippen LogP contribution is -2.23. The van der Waals surface area contributed by atoms with Gasteiger partial charge >= 0.3 is 0 Å². The van der Waals surface area contributed by atoms with Gasteiger partial charge in [0.05, 0.1) is 5.69 Å². The number of hydrogen-bond acceptors (Lipinski definition) is 4. The van der Waals surface area contributed by atoms with Crippen LogP contribution in [0.3, 0.4) is 0 Å². The van der Waals surface area contributed by atoms with E-state index in [4.69, 9.17) is 4.74 Å². The molecule has 1 N–H and O–H groups in total. The number of aryl methyl sites for hydroxylation is 2. The number of methoxy groups -OCH3 is 1. The summed E-state index contributed by atoms with van der Waals surface area (Å²) >= 11 is 1.87. The van der Waals surface area contributed by atoms with Gasteiger partial charge in [0.2, 0.25) is 5.95 Å². The van der Waals surface area contributed by atoms with Crippen LogP contribution in [0.25, 0.3) is 0 Å². The van der Waals surface area contributed by atoms with Crippen LogP contribution in [0, 0.1) is 6.92 Å². The number of ether oxygens (including phenoxy) is 1. The minimum absolute atomic E-state index is 0.489. The molecule has 1 atom stereocenters. The van der Waals surface area contributed by atoms with E-state index in [2.05, 4.69) is 34.2 Å². The van der Waals surface area contributed by atoms with Crippen molar-refractivity contribution >= 4 is 17.7 Å². The van der Waals surface area contributed by atoms with Gasteiger partial charge in [0, 0.05) is 38.3 Å². The van der Waals surface area contributed by atoms with Crippen molar-refractivity contribution in [1.82, 2.24) is 9.55 Å². The topological polar surface area (TPSA) is 39.1 Å². The molecule has 0 radical (unpaired) electrons. The highest BCUT2D eigenvalue weighted by Gasteiger charge is 2.10. The molecule has 0 saturated carbocycles. The normalized spacial score (nSPS) is 12.7. The first-order valence-electron chi connectivity index (χ1n) is 6.49. The van der Waals surface area contributed by atoms with E-state index in [-0.39, 0.29) is 0 Å². The molecular formula is C13H25N3OS. The Morgan fingerprint density at radius 1 is 1.56 bits per heavy atom. The number of rotatable bonds is 9. The van der Waals surface area contributed by atoms with Gasteiger partial charge < -0.3 is 14.6 Å². The van der Waals surface area contributed by atoms with Crippen molar-refractivity contribution in [2.45, 2.75) is 39.3 Å². The molecule has 0 aliphatic heterocycles. The summed E-state index contributed by atoms with van der Waals surface area (Å²) in [6.07, 6.45) is 6.37. The van der Waals surface area contributed by atoms with Gasteiger partial charge in [0.15, 0.2) is 0 Å². The SMILES string of the molecule is CCC(CSC)Nc1nc(C)cn1CCCOC. The number of thioether (sulfide) groups is 1. The predicted molar refractivity (Wildman–Crippen MR) is 79.5 cm³/mol. The Balaban J connectivity index is 2.62. The molecule has 104 valence electrons. The summed E-state index contributed by atoms with van der Waals surface area (Å²) in [5, 5.41) is 3.54. The molecule has 0 aromatic carbocycles. The quantitative estimate of drug-likeness (QED) is 0.701. The van der Waals surface area contributed by atoms with E-state index in [1.54, 1.807) is 7.11 Å². The first-order valence-corrected chi connectivity index (χ1v) is 7.88. The predicted octanol–water partition coefficient (Wildman–Crippen LogP) is 2.78. The number of imidazole rings is 1. The van der Waals surface area contributed by atoms with Crippen LogP contribution >= 0.6 is 11.8 Å². The monoisotopic (exact) mass is 271 g/mol. The smallest absolute Gasteiger partial charge is 0.203 e. The standard InChI is InChI=1S/C13H25N3OS/c1-5-12(10-18-4)15-13-14-11(2)9-16(13)7-6-8-17-3/h9,12H,5-8,10H2,1-4H3,(H,14,15). The molecule has 1 heterocycles. The van der Waals surface area contributed by atoms with Gasteiger partial charge in [0.1, 0.15) is 0 Å². The lowest BCUT2D eigenvalue weighted by molar-refractivity contribution is 0.190. The molecule has 1 aromatic heterocycles. The highest BCUT2D eigenvalue weighted by atomic mass is 32.2. The molecule has 1 unspecified atom stereocenters. The van der Waals surface area contributed by atoms with Crippen LogP contribution in [0.1, 0.15) is 25.5 Å². The second-order valence-corrected chi connectivity index (χ2v) is 5.36. The van der Waals surface area contributed by atoms with Gasteiger partial charge in [0.25, 0.3) is 0 Å². The lowest BCUT2D eigenvalue weighted by atomic mass is 10.3. The summed E-state index contributed by atoms with van der Waals surface area (Å²) in [4.78, 5) is 4.56. The van der Waals surface area contributed by atoms with Crippen LogP contribution in [0.2, 0.25) is 0 Å². The van der Waals surface area contributed by atoms with Gasteiger partial charge in [-0.2, -0.15) is 11.8 Å². The summed E-state index contributed by atoms with van der Waals surface area (Å²) in [5.41, 5.74) is 1.06. The van der Waals surface area contributed by atoms with Crippen molar-refractivity contribution in [3.8, 4) is 0 Å². The molecule has 0 aliphatic carbocycles. The zero-order chi connectivity index (χ0) is 13.4. The molecule has 0 aliphatic rings. The summed E-state index contributed by atoms with van der Waals surface area (Å²) in [6, 6.07) is 0.489. The van der Waals surface area contributed by atoms with Gasteiger partial charge in [-0.3, -0.25) is 0 Å². The van der Waals surface area contributed by atoms with Crippen molar-refractivity contribution in [3.63, 3.8) is 0 Å². The third kappa shape index (κ3) is 4.90. The average molecular weight is 271 g/mol. The number of hydrogen-bond donors (Lipinski definition) is 1. The van der Waals surface area contributed by atoms with Crippen molar-refractivity contribution in [1.29, 1.82) is 0 Å². The van der Waals surface area contributed by atoms with E-state index in [1.165, 1.54) is 0 Å². The van der Waals surface area contributed by atoms with Gasteiger partial charge in [-0.1, -0.05) is 6.92 Å². The van der Waals surface area contributed by atoms with E-state index in [0.717, 1.165) is 43.4 Å². The van der Waals surface area contributed by atoms with E-state index < -0.39 is 0 Å². The molecule has 0 saturated heterocycles. The molecule has 0 bridgehead atoms. The van der Waals surface area contributed by atoms with Crippen LogP contribution in [-0.2, 0) is 11.3 Å². The highest BCUT2D eigenvalue weighted by molar-refractivity contribution is 7.98. The van der Waals surface area contributed by atoms with E-state index in [9.17, 15) is 0 Å². The summed E-state index contributed by atoms with van der Waals surface area (Å²) in [6.45, 7) is 5.98. The summed E-state index contributed by atoms with van der Waals surface area (Å²) in [7, 11) is 1.74. The third-order valence-electron chi connectivity index (χ3n) is 2.84. The zero-order valence-corrected chi connectivity index (χ0v) is 12.7. The highest BCUT2D eigenvalue weighted by Crippen LogP contribution is 2.13. The molecule has 0 amide bonds. The second kappa shape index (κ2) is 8.43. The van der Waals surface area contributed by atoms with Gasteiger partial charge in [-0.15, -0.1) is 0 Å². The van der Waals surface area contributed by atoms with E-state index in [0.29, 0.717) is 6.04 Å². The lowest BCUT2D eigenvalue weighted by Gasteiger charge is -2.17. The number of aromatic nitrogens is 2. The van der Waals surface area contributed by atoms with Crippen molar-refractivity contribution in [3.05, 3.63) is 11.9 Å². The molecule has 1 rings (SSSR count).